The average Bonchev–Trinajstić information content (AvgIpc) is 2.84. The largest absolute Gasteiger partial charge is 0.444 e. The molecule has 0 aliphatic heterocycles. The van der Waals surface area contributed by atoms with E-state index in [0.717, 1.165) is 31.4 Å². The summed E-state index contributed by atoms with van der Waals surface area (Å²) >= 11 is 0. The molecule has 0 fully saturated rings. The van der Waals surface area contributed by atoms with Crippen molar-refractivity contribution in [3.8, 4) is 0 Å². The second-order valence-corrected chi connectivity index (χ2v) is 7.31. The van der Waals surface area contributed by atoms with Gasteiger partial charge in [-0.15, -0.1) is 0 Å². The average molecular weight is 318 g/mol. The van der Waals surface area contributed by atoms with Crippen LogP contribution in [0.15, 0.2) is 18.2 Å². The van der Waals surface area contributed by atoms with Crippen LogP contribution in [0.25, 0.3) is 0 Å². The molecule has 0 saturated heterocycles. The molecule has 1 aromatic rings. The lowest BCUT2D eigenvalue weighted by molar-refractivity contribution is 0.0636. The molecule has 0 spiro atoms. The van der Waals surface area contributed by atoms with Crippen LogP contribution in [0.5, 0.6) is 0 Å². The summed E-state index contributed by atoms with van der Waals surface area (Å²) in [5.41, 5.74) is 3.01. The van der Waals surface area contributed by atoms with Crippen LogP contribution >= 0.6 is 0 Å². The van der Waals surface area contributed by atoms with Gasteiger partial charge in [-0.1, -0.05) is 19.9 Å². The maximum absolute atomic E-state index is 11.9. The highest BCUT2D eigenvalue weighted by atomic mass is 16.6. The minimum absolute atomic E-state index is 0.401. The highest BCUT2D eigenvalue weighted by Crippen LogP contribution is 2.33. The van der Waals surface area contributed by atoms with Gasteiger partial charge >= 0.3 is 6.09 Å². The molecule has 0 heterocycles. The van der Waals surface area contributed by atoms with Crippen molar-refractivity contribution in [1.29, 1.82) is 0 Å². The Morgan fingerprint density at radius 1 is 1.30 bits per heavy atom. The summed E-state index contributed by atoms with van der Waals surface area (Å²) in [6, 6.07) is 7.19. The number of hydrogen-bond donors (Lipinski definition) is 2. The first-order valence-corrected chi connectivity index (χ1v) is 8.71. The lowest BCUT2D eigenvalue weighted by Gasteiger charge is -2.22. The molecule has 1 aromatic carbocycles. The molecule has 2 rings (SSSR count). The van der Waals surface area contributed by atoms with E-state index in [4.69, 9.17) is 4.74 Å². The smallest absolute Gasteiger partial charge is 0.412 e. The van der Waals surface area contributed by atoms with Crippen LogP contribution in [-0.2, 0) is 11.2 Å². The van der Waals surface area contributed by atoms with Crippen LogP contribution in [0.1, 0.15) is 71.0 Å². The topological polar surface area (TPSA) is 50.4 Å². The number of fused-ring (bicyclic) bond motifs is 1. The van der Waals surface area contributed by atoms with E-state index in [1.807, 2.05) is 26.8 Å². The fraction of sp³-hybridized carbons (Fsp3) is 0.632. The summed E-state index contributed by atoms with van der Waals surface area (Å²) in [6.07, 6.45) is 4.09. The van der Waals surface area contributed by atoms with Gasteiger partial charge < -0.3 is 10.1 Å². The number of amides is 1. The number of nitrogens with one attached hydrogen (secondary N) is 2. The van der Waals surface area contributed by atoms with Gasteiger partial charge in [-0.05, 0) is 69.7 Å². The van der Waals surface area contributed by atoms with Crippen molar-refractivity contribution in [2.45, 2.75) is 78.0 Å². The Morgan fingerprint density at radius 3 is 2.61 bits per heavy atom. The molecule has 0 aromatic heterocycles. The molecule has 1 unspecified atom stereocenters. The quantitative estimate of drug-likeness (QED) is 0.820. The molecule has 4 nitrogen and oxygen atoms in total. The van der Waals surface area contributed by atoms with Crippen LogP contribution in [0.3, 0.4) is 0 Å². The molecule has 1 atom stereocenters. The number of anilines is 1. The van der Waals surface area contributed by atoms with Crippen LogP contribution in [-0.4, -0.2) is 17.7 Å². The summed E-state index contributed by atoms with van der Waals surface area (Å²) in [7, 11) is 0. The molecule has 2 N–H and O–H groups in total. The summed E-state index contributed by atoms with van der Waals surface area (Å²) in [5.74, 6) is 0. The van der Waals surface area contributed by atoms with Gasteiger partial charge in [0, 0.05) is 17.8 Å². The molecule has 4 heteroatoms. The standard InChI is InChI=1S/C19H30N2O2/c1-6-14(7-2)20-17-11-8-13-12-15(9-10-16(13)17)21-18(22)23-19(3,4)5/h9-10,12,14,17,20H,6-8,11H2,1-5H3,(H,21,22). The Labute approximate surface area is 140 Å². The summed E-state index contributed by atoms with van der Waals surface area (Å²) in [4.78, 5) is 11.9. The number of carbonyl (C=O) groups excluding carboxylic acids is 1. The Bertz CT molecular complexity index is 545. The Hall–Kier alpha value is -1.55. The van der Waals surface area contributed by atoms with E-state index < -0.39 is 11.7 Å². The predicted molar refractivity (Wildman–Crippen MR) is 94.9 cm³/mol. The molecular formula is C19H30N2O2. The van der Waals surface area contributed by atoms with Gasteiger partial charge in [0.2, 0.25) is 0 Å². The van der Waals surface area contributed by atoms with Crippen molar-refractivity contribution >= 4 is 11.8 Å². The van der Waals surface area contributed by atoms with Crippen molar-refractivity contribution in [2.75, 3.05) is 5.32 Å². The minimum atomic E-state index is -0.481. The van der Waals surface area contributed by atoms with E-state index in [1.165, 1.54) is 11.1 Å². The molecule has 128 valence electrons. The number of carbonyl (C=O) groups is 1. The third-order valence-corrected chi connectivity index (χ3v) is 4.29. The number of benzene rings is 1. The highest BCUT2D eigenvalue weighted by molar-refractivity contribution is 5.85. The molecule has 0 radical (unpaired) electrons. The first kappa shape index (κ1) is 17.8. The molecule has 23 heavy (non-hydrogen) atoms. The highest BCUT2D eigenvalue weighted by Gasteiger charge is 2.24. The zero-order valence-electron chi connectivity index (χ0n) is 15.0. The maximum Gasteiger partial charge on any atom is 0.412 e. The van der Waals surface area contributed by atoms with Gasteiger partial charge in [0.15, 0.2) is 0 Å². The maximum atomic E-state index is 11.9. The van der Waals surface area contributed by atoms with Crippen LogP contribution < -0.4 is 10.6 Å². The Balaban J connectivity index is 2.02. The van der Waals surface area contributed by atoms with E-state index in [-0.39, 0.29) is 0 Å². The number of ether oxygens (including phenoxy) is 1. The van der Waals surface area contributed by atoms with E-state index in [1.54, 1.807) is 0 Å². The number of hydrogen-bond acceptors (Lipinski definition) is 3. The fourth-order valence-electron chi connectivity index (χ4n) is 3.10. The van der Waals surface area contributed by atoms with Gasteiger partial charge in [0.05, 0.1) is 0 Å². The molecule has 1 amide bonds. The molecule has 0 saturated carbocycles. The fourth-order valence-corrected chi connectivity index (χ4v) is 3.10. The zero-order valence-corrected chi connectivity index (χ0v) is 15.0. The summed E-state index contributed by atoms with van der Waals surface area (Å²) in [6.45, 7) is 10.0. The van der Waals surface area contributed by atoms with Crippen molar-refractivity contribution in [3.05, 3.63) is 29.3 Å². The van der Waals surface area contributed by atoms with Crippen LogP contribution in [0.2, 0.25) is 0 Å². The van der Waals surface area contributed by atoms with Gasteiger partial charge in [0.25, 0.3) is 0 Å². The van der Waals surface area contributed by atoms with E-state index in [2.05, 4.69) is 36.6 Å². The Morgan fingerprint density at radius 2 is 2.00 bits per heavy atom. The van der Waals surface area contributed by atoms with Gasteiger partial charge in [-0.25, -0.2) is 4.79 Å². The van der Waals surface area contributed by atoms with Crippen molar-refractivity contribution in [2.24, 2.45) is 0 Å². The van der Waals surface area contributed by atoms with Crippen molar-refractivity contribution in [3.63, 3.8) is 0 Å². The van der Waals surface area contributed by atoms with Gasteiger partial charge in [0.1, 0.15) is 5.60 Å². The monoisotopic (exact) mass is 318 g/mol. The zero-order chi connectivity index (χ0) is 17.0. The second-order valence-electron chi connectivity index (χ2n) is 7.31. The number of rotatable bonds is 5. The summed E-state index contributed by atoms with van der Waals surface area (Å²) in [5, 5.41) is 6.58. The first-order valence-electron chi connectivity index (χ1n) is 8.71. The third-order valence-electron chi connectivity index (χ3n) is 4.29. The molecule has 0 bridgehead atoms. The summed E-state index contributed by atoms with van der Waals surface area (Å²) < 4.78 is 5.30. The predicted octanol–water partition coefficient (Wildman–Crippen LogP) is 4.80. The second kappa shape index (κ2) is 7.35. The SMILES string of the molecule is CCC(CC)NC1CCc2cc(NC(=O)OC(C)(C)C)ccc21. The van der Waals surface area contributed by atoms with Crippen molar-refractivity contribution in [1.82, 2.24) is 5.32 Å². The third kappa shape index (κ3) is 4.96. The lowest BCUT2D eigenvalue weighted by Crippen LogP contribution is -2.30. The van der Waals surface area contributed by atoms with Crippen LogP contribution in [0, 0.1) is 0 Å². The van der Waals surface area contributed by atoms with E-state index in [0.29, 0.717) is 12.1 Å². The van der Waals surface area contributed by atoms with Crippen molar-refractivity contribution < 1.29 is 9.53 Å². The molecule has 1 aliphatic carbocycles. The van der Waals surface area contributed by atoms with E-state index in [9.17, 15) is 4.79 Å². The first-order chi connectivity index (χ1) is 10.8. The molecule has 1 aliphatic rings. The number of aryl methyl sites for hydroxylation is 1. The van der Waals surface area contributed by atoms with Gasteiger partial charge in [-0.2, -0.15) is 0 Å². The lowest BCUT2D eigenvalue weighted by atomic mass is 10.0. The van der Waals surface area contributed by atoms with Gasteiger partial charge in [-0.3, -0.25) is 5.32 Å². The Kier molecular flexibility index (Phi) is 5.69. The van der Waals surface area contributed by atoms with Crippen LogP contribution in [0.4, 0.5) is 10.5 Å². The van der Waals surface area contributed by atoms with E-state index >= 15 is 0 Å². The normalized spacial score (nSPS) is 17.2. The molecular weight excluding hydrogens is 288 g/mol. The minimum Gasteiger partial charge on any atom is -0.444 e.